The molecule has 2 aromatic heterocycles. The fraction of sp³-hybridized carbons (Fsp3) is 0.367. The van der Waals surface area contributed by atoms with Crippen LogP contribution in [0.2, 0.25) is 0 Å². The molecule has 5 rings (SSSR count). The van der Waals surface area contributed by atoms with Crippen molar-refractivity contribution in [2.24, 2.45) is 5.92 Å². The summed E-state index contributed by atoms with van der Waals surface area (Å²) < 4.78 is 50.9. The van der Waals surface area contributed by atoms with Gasteiger partial charge in [-0.15, -0.1) is 0 Å². The number of carbonyl (C=O) groups excluding carboxylic acids is 2. The first kappa shape index (κ1) is 30.0. The van der Waals surface area contributed by atoms with E-state index >= 15 is 0 Å². The smallest absolute Gasteiger partial charge is 0.424 e. The van der Waals surface area contributed by atoms with Crippen molar-refractivity contribution < 1.29 is 32.2 Å². The van der Waals surface area contributed by atoms with Gasteiger partial charge in [0.1, 0.15) is 5.75 Å². The molecule has 2 amide bonds. The van der Waals surface area contributed by atoms with Crippen LogP contribution in [-0.2, 0) is 17.5 Å². The summed E-state index contributed by atoms with van der Waals surface area (Å²) in [6.45, 7) is 4.68. The van der Waals surface area contributed by atoms with Crippen LogP contribution in [-0.4, -0.2) is 69.8 Å². The standard InChI is InChI=1S/C30H31F3N6O4/c1-19-23(27(40)34-13-16-42-2)7-8-25-24(19)18-39(37-25)17-20-10-14-38(15-11-20)28(41)21-3-5-22(6-4-21)43-29-35-12-9-26(36-29)30(31,32)33/h3-9,12,18,20H,10-11,13-17H2,1-2H3,(H,34,40). The highest BCUT2D eigenvalue weighted by Crippen LogP contribution is 2.29. The van der Waals surface area contributed by atoms with Crippen molar-refractivity contribution >= 4 is 22.7 Å². The van der Waals surface area contributed by atoms with E-state index in [4.69, 9.17) is 14.6 Å². The van der Waals surface area contributed by atoms with E-state index in [0.29, 0.717) is 49.8 Å². The lowest BCUT2D eigenvalue weighted by Crippen LogP contribution is -2.39. The fourth-order valence-electron chi connectivity index (χ4n) is 5.07. The minimum atomic E-state index is -4.61. The molecule has 13 heteroatoms. The van der Waals surface area contributed by atoms with Gasteiger partial charge in [0.05, 0.1) is 12.1 Å². The lowest BCUT2D eigenvalue weighted by Gasteiger charge is -2.32. The maximum absolute atomic E-state index is 13.1. The maximum atomic E-state index is 13.1. The van der Waals surface area contributed by atoms with Crippen LogP contribution in [0.1, 0.15) is 44.8 Å². The molecule has 0 spiro atoms. The van der Waals surface area contributed by atoms with E-state index in [9.17, 15) is 22.8 Å². The van der Waals surface area contributed by atoms with Gasteiger partial charge in [-0.3, -0.25) is 14.3 Å². The number of hydrogen-bond donors (Lipinski definition) is 1. The number of nitrogens with one attached hydrogen (secondary N) is 1. The molecule has 43 heavy (non-hydrogen) atoms. The first-order valence-electron chi connectivity index (χ1n) is 13.8. The first-order valence-corrected chi connectivity index (χ1v) is 13.8. The molecular formula is C30H31F3N6O4. The van der Waals surface area contributed by atoms with Gasteiger partial charge < -0.3 is 19.7 Å². The minimum absolute atomic E-state index is 0.128. The molecule has 0 atom stereocenters. The Kier molecular flexibility index (Phi) is 8.90. The number of piperidine rings is 1. The van der Waals surface area contributed by atoms with E-state index < -0.39 is 17.9 Å². The first-order chi connectivity index (χ1) is 20.6. The third-order valence-corrected chi connectivity index (χ3v) is 7.42. The van der Waals surface area contributed by atoms with E-state index in [-0.39, 0.29) is 17.6 Å². The molecule has 2 aromatic carbocycles. The van der Waals surface area contributed by atoms with Crippen molar-refractivity contribution in [3.8, 4) is 11.8 Å². The van der Waals surface area contributed by atoms with Gasteiger partial charge in [-0.1, -0.05) is 0 Å². The molecule has 0 radical (unpaired) electrons. The Morgan fingerprint density at radius 1 is 1.07 bits per heavy atom. The number of ether oxygens (including phenoxy) is 2. The highest BCUT2D eigenvalue weighted by molar-refractivity contribution is 6.00. The van der Waals surface area contributed by atoms with Crippen LogP contribution in [0.15, 0.2) is 54.9 Å². The van der Waals surface area contributed by atoms with E-state index in [1.54, 1.807) is 30.2 Å². The van der Waals surface area contributed by atoms with Gasteiger partial charge in [0.2, 0.25) is 0 Å². The van der Waals surface area contributed by atoms with Crippen LogP contribution < -0.4 is 10.1 Å². The molecule has 1 aliphatic rings. The molecule has 0 unspecified atom stereocenters. The number of halogens is 3. The molecule has 1 N–H and O–H groups in total. The Bertz CT molecular complexity index is 1600. The van der Waals surface area contributed by atoms with Crippen molar-refractivity contribution in [1.82, 2.24) is 30.0 Å². The average Bonchev–Trinajstić information content (AvgIpc) is 3.41. The Labute approximate surface area is 245 Å². The zero-order valence-electron chi connectivity index (χ0n) is 23.7. The fourth-order valence-corrected chi connectivity index (χ4v) is 5.07. The van der Waals surface area contributed by atoms with E-state index in [1.807, 2.05) is 23.9 Å². The lowest BCUT2D eigenvalue weighted by atomic mass is 9.96. The van der Waals surface area contributed by atoms with Crippen LogP contribution >= 0.6 is 0 Å². The Balaban J connectivity index is 1.15. The summed E-state index contributed by atoms with van der Waals surface area (Å²) in [4.78, 5) is 34.5. The number of aryl methyl sites for hydroxylation is 1. The number of aromatic nitrogens is 4. The number of carbonyl (C=O) groups is 2. The van der Waals surface area contributed by atoms with Crippen LogP contribution in [0, 0.1) is 12.8 Å². The van der Waals surface area contributed by atoms with Gasteiger partial charge in [0, 0.05) is 62.2 Å². The topological polar surface area (TPSA) is 111 Å². The molecule has 4 aromatic rings. The molecular weight excluding hydrogens is 565 g/mol. The number of amides is 2. The van der Waals surface area contributed by atoms with Crippen molar-refractivity contribution in [2.45, 2.75) is 32.5 Å². The maximum Gasteiger partial charge on any atom is 0.433 e. The number of hydrogen-bond acceptors (Lipinski definition) is 7. The lowest BCUT2D eigenvalue weighted by molar-refractivity contribution is -0.141. The molecule has 1 saturated heterocycles. The number of nitrogens with zero attached hydrogens (tertiary/aromatic N) is 5. The molecule has 1 aliphatic heterocycles. The number of rotatable bonds is 9. The Hall–Kier alpha value is -4.52. The van der Waals surface area contributed by atoms with Crippen molar-refractivity contribution in [1.29, 1.82) is 0 Å². The predicted octanol–water partition coefficient (Wildman–Crippen LogP) is 4.87. The quantitative estimate of drug-likeness (QED) is 0.274. The highest BCUT2D eigenvalue weighted by atomic mass is 19.4. The third-order valence-electron chi connectivity index (χ3n) is 7.42. The second kappa shape index (κ2) is 12.8. The third kappa shape index (κ3) is 7.11. The van der Waals surface area contributed by atoms with Crippen LogP contribution in [0.5, 0.6) is 11.8 Å². The second-order valence-corrected chi connectivity index (χ2v) is 10.4. The minimum Gasteiger partial charge on any atom is -0.424 e. The molecule has 0 bridgehead atoms. The Morgan fingerprint density at radius 2 is 1.81 bits per heavy atom. The molecule has 0 aliphatic carbocycles. The molecule has 3 heterocycles. The molecule has 10 nitrogen and oxygen atoms in total. The predicted molar refractivity (Wildman–Crippen MR) is 151 cm³/mol. The van der Waals surface area contributed by atoms with Crippen molar-refractivity contribution in [2.75, 3.05) is 33.4 Å². The summed E-state index contributed by atoms with van der Waals surface area (Å²) in [5.74, 6) is 0.277. The molecule has 1 fully saturated rings. The zero-order chi connectivity index (χ0) is 30.6. The van der Waals surface area contributed by atoms with E-state index in [1.165, 1.54) is 12.1 Å². The Morgan fingerprint density at radius 3 is 2.51 bits per heavy atom. The summed E-state index contributed by atoms with van der Waals surface area (Å²) in [5, 5.41) is 8.49. The van der Waals surface area contributed by atoms with Gasteiger partial charge in [-0.2, -0.15) is 23.3 Å². The van der Waals surface area contributed by atoms with Crippen LogP contribution in [0.3, 0.4) is 0 Å². The SMILES string of the molecule is COCCNC(=O)c1ccc2nn(CC3CCN(C(=O)c4ccc(Oc5nccc(C(F)(F)F)n5)cc4)CC3)cc2c1C. The van der Waals surface area contributed by atoms with Crippen LogP contribution in [0.4, 0.5) is 13.2 Å². The number of fused-ring (bicyclic) bond motifs is 1. The van der Waals surface area contributed by atoms with Crippen LogP contribution in [0.25, 0.3) is 10.9 Å². The van der Waals surface area contributed by atoms with Gasteiger partial charge in [-0.25, -0.2) is 4.98 Å². The number of alkyl halides is 3. The summed E-state index contributed by atoms with van der Waals surface area (Å²) >= 11 is 0. The number of benzene rings is 2. The van der Waals surface area contributed by atoms with Gasteiger partial charge in [-0.05, 0) is 73.7 Å². The van der Waals surface area contributed by atoms with Crippen molar-refractivity contribution in [3.63, 3.8) is 0 Å². The monoisotopic (exact) mass is 596 g/mol. The summed E-state index contributed by atoms with van der Waals surface area (Å²) in [6.07, 6.45) is -0.0403. The average molecular weight is 597 g/mol. The number of likely N-dealkylation sites (tertiary alicyclic amines) is 1. The summed E-state index contributed by atoms with van der Waals surface area (Å²) in [7, 11) is 1.59. The van der Waals surface area contributed by atoms with Gasteiger partial charge >= 0.3 is 12.2 Å². The van der Waals surface area contributed by atoms with E-state index in [0.717, 1.165) is 41.6 Å². The summed E-state index contributed by atoms with van der Waals surface area (Å²) in [5.41, 5.74) is 1.66. The zero-order valence-corrected chi connectivity index (χ0v) is 23.7. The summed E-state index contributed by atoms with van der Waals surface area (Å²) in [6, 6.07) is 10.1. The second-order valence-electron chi connectivity index (χ2n) is 10.4. The molecule has 226 valence electrons. The van der Waals surface area contributed by atoms with Gasteiger partial charge in [0.15, 0.2) is 5.69 Å². The largest absolute Gasteiger partial charge is 0.433 e. The van der Waals surface area contributed by atoms with Crippen molar-refractivity contribution in [3.05, 3.63) is 77.2 Å². The van der Waals surface area contributed by atoms with Gasteiger partial charge in [0.25, 0.3) is 11.8 Å². The molecule has 0 saturated carbocycles. The van der Waals surface area contributed by atoms with E-state index in [2.05, 4.69) is 15.3 Å². The number of methoxy groups -OCH3 is 1. The highest BCUT2D eigenvalue weighted by Gasteiger charge is 2.33. The normalized spacial score (nSPS) is 14.2.